The molecule has 0 bridgehead atoms. The second-order valence-electron chi connectivity index (χ2n) is 7.47. The molecule has 2 amide bonds. The molecule has 3 N–H and O–H groups in total. The van der Waals surface area contributed by atoms with Crippen molar-refractivity contribution >= 4 is 23.9 Å². The second kappa shape index (κ2) is 11.1. The number of esters is 1. The Morgan fingerprint density at radius 3 is 2.20 bits per heavy atom. The summed E-state index contributed by atoms with van der Waals surface area (Å²) in [5.74, 6) is -3.19. The number of carboxylic acids is 1. The standard InChI is InChI=1S/C20H28N2O8/c1-20(2,3)30-19(28)22(11-13-8-6-5-7-9-13)15(10-16(24)25)17(26)21-14(12-23)18(27)29-4/h5-9,14-15,23H,10-12H2,1-4H3,(H,21,26)(H,24,25)/t14-,15-/m0/s1. The van der Waals surface area contributed by atoms with E-state index in [0.29, 0.717) is 5.56 Å². The number of carboxylic acid groups (broad SMARTS) is 1. The van der Waals surface area contributed by atoms with Crippen molar-refractivity contribution in [3.8, 4) is 0 Å². The Hall–Kier alpha value is -3.14. The molecule has 2 atom stereocenters. The van der Waals surface area contributed by atoms with Crippen LogP contribution in [0.5, 0.6) is 0 Å². The molecule has 0 fully saturated rings. The zero-order valence-electron chi connectivity index (χ0n) is 17.5. The number of nitrogens with one attached hydrogen (secondary N) is 1. The molecule has 0 saturated heterocycles. The van der Waals surface area contributed by atoms with Crippen molar-refractivity contribution in [3.05, 3.63) is 35.9 Å². The van der Waals surface area contributed by atoms with Crippen molar-refractivity contribution in [2.24, 2.45) is 0 Å². The van der Waals surface area contributed by atoms with Crippen LogP contribution in [0.3, 0.4) is 0 Å². The van der Waals surface area contributed by atoms with Gasteiger partial charge in [-0.1, -0.05) is 30.3 Å². The van der Waals surface area contributed by atoms with Crippen LogP contribution in [0.25, 0.3) is 0 Å². The molecule has 0 aliphatic rings. The summed E-state index contributed by atoms with van der Waals surface area (Å²) in [6.07, 6.45) is -1.64. The van der Waals surface area contributed by atoms with Gasteiger partial charge in [0.05, 0.1) is 20.1 Å². The van der Waals surface area contributed by atoms with Gasteiger partial charge >= 0.3 is 18.0 Å². The van der Waals surface area contributed by atoms with E-state index < -0.39 is 54.7 Å². The molecule has 10 nitrogen and oxygen atoms in total. The molecule has 0 aliphatic carbocycles. The van der Waals surface area contributed by atoms with Gasteiger partial charge in [0.25, 0.3) is 0 Å². The van der Waals surface area contributed by atoms with Crippen molar-refractivity contribution in [2.75, 3.05) is 13.7 Å². The van der Waals surface area contributed by atoms with Gasteiger partial charge in [0.1, 0.15) is 11.6 Å². The molecule has 0 radical (unpaired) electrons. The van der Waals surface area contributed by atoms with E-state index in [2.05, 4.69) is 10.1 Å². The van der Waals surface area contributed by atoms with Crippen molar-refractivity contribution in [2.45, 2.75) is 51.4 Å². The number of benzene rings is 1. The highest BCUT2D eigenvalue weighted by molar-refractivity contribution is 5.92. The Bertz CT molecular complexity index is 745. The van der Waals surface area contributed by atoms with Crippen LogP contribution in [0.2, 0.25) is 0 Å². The maximum absolute atomic E-state index is 12.8. The quantitative estimate of drug-likeness (QED) is 0.497. The first kappa shape index (κ1) is 24.9. The number of aliphatic carboxylic acids is 1. The third-order valence-corrected chi connectivity index (χ3v) is 3.86. The van der Waals surface area contributed by atoms with Gasteiger partial charge in [-0.25, -0.2) is 9.59 Å². The van der Waals surface area contributed by atoms with Gasteiger partial charge in [-0.3, -0.25) is 14.5 Å². The van der Waals surface area contributed by atoms with E-state index in [1.165, 1.54) is 0 Å². The molecule has 1 aromatic rings. The van der Waals surface area contributed by atoms with E-state index >= 15 is 0 Å². The molecule has 0 aliphatic heterocycles. The number of carbonyl (C=O) groups is 4. The Balaban J connectivity index is 3.26. The average molecular weight is 424 g/mol. The molecule has 0 heterocycles. The number of nitrogens with zero attached hydrogens (tertiary/aromatic N) is 1. The molecular formula is C20H28N2O8. The zero-order valence-corrected chi connectivity index (χ0v) is 17.5. The van der Waals surface area contributed by atoms with Crippen LogP contribution in [-0.4, -0.2) is 70.5 Å². The van der Waals surface area contributed by atoms with E-state index in [-0.39, 0.29) is 6.54 Å². The van der Waals surface area contributed by atoms with Gasteiger partial charge in [-0.05, 0) is 26.3 Å². The molecule has 0 saturated carbocycles. The molecule has 1 aromatic carbocycles. The Morgan fingerprint density at radius 1 is 1.13 bits per heavy atom. The number of ether oxygens (including phenoxy) is 2. The van der Waals surface area contributed by atoms with Gasteiger partial charge in [-0.15, -0.1) is 0 Å². The minimum atomic E-state index is -1.50. The molecule has 30 heavy (non-hydrogen) atoms. The van der Waals surface area contributed by atoms with Gasteiger partial charge in [0.2, 0.25) is 5.91 Å². The number of amides is 2. The summed E-state index contributed by atoms with van der Waals surface area (Å²) in [5.41, 5.74) is -0.256. The van der Waals surface area contributed by atoms with Crippen molar-refractivity contribution in [1.82, 2.24) is 10.2 Å². The van der Waals surface area contributed by atoms with Crippen LogP contribution in [-0.2, 0) is 30.4 Å². The minimum absolute atomic E-state index is 0.108. The fourth-order valence-electron chi connectivity index (χ4n) is 2.50. The zero-order chi connectivity index (χ0) is 22.9. The maximum Gasteiger partial charge on any atom is 0.411 e. The molecule has 1 rings (SSSR count). The lowest BCUT2D eigenvalue weighted by Gasteiger charge is -2.32. The molecular weight excluding hydrogens is 396 g/mol. The SMILES string of the molecule is COC(=O)[C@H](CO)NC(=O)[C@H](CC(=O)O)N(Cc1ccccc1)C(=O)OC(C)(C)C. The normalized spacial score (nSPS) is 13.0. The Kier molecular flexibility index (Phi) is 9.25. The topological polar surface area (TPSA) is 142 Å². The summed E-state index contributed by atoms with van der Waals surface area (Å²) in [4.78, 5) is 49.7. The lowest BCUT2D eigenvalue weighted by Crippen LogP contribution is -2.55. The summed E-state index contributed by atoms with van der Waals surface area (Å²) >= 11 is 0. The van der Waals surface area contributed by atoms with Gasteiger partial charge < -0.3 is 25.0 Å². The van der Waals surface area contributed by atoms with Crippen molar-refractivity contribution in [3.63, 3.8) is 0 Å². The first-order chi connectivity index (χ1) is 14.0. The summed E-state index contributed by atoms with van der Waals surface area (Å²) < 4.78 is 9.86. The van der Waals surface area contributed by atoms with Crippen LogP contribution < -0.4 is 5.32 Å². The van der Waals surface area contributed by atoms with Gasteiger partial charge in [0, 0.05) is 6.54 Å². The fourth-order valence-corrected chi connectivity index (χ4v) is 2.50. The molecule has 10 heteroatoms. The first-order valence-corrected chi connectivity index (χ1v) is 9.23. The van der Waals surface area contributed by atoms with Gasteiger partial charge in [0.15, 0.2) is 6.04 Å². The fraction of sp³-hybridized carbons (Fsp3) is 0.500. The minimum Gasteiger partial charge on any atom is -0.481 e. The van der Waals surface area contributed by atoms with E-state index in [1.807, 2.05) is 0 Å². The number of methoxy groups -OCH3 is 1. The van der Waals surface area contributed by atoms with Crippen molar-refractivity contribution in [1.29, 1.82) is 0 Å². The van der Waals surface area contributed by atoms with E-state index in [1.54, 1.807) is 51.1 Å². The number of carbonyl (C=O) groups excluding carboxylic acids is 3. The third kappa shape index (κ3) is 8.08. The van der Waals surface area contributed by atoms with E-state index in [9.17, 15) is 29.4 Å². The summed E-state index contributed by atoms with van der Waals surface area (Å²) in [6, 6.07) is 5.73. The number of hydrogen-bond donors (Lipinski definition) is 3. The highest BCUT2D eigenvalue weighted by atomic mass is 16.6. The lowest BCUT2D eigenvalue weighted by molar-refractivity contribution is -0.147. The monoisotopic (exact) mass is 424 g/mol. The second-order valence-corrected chi connectivity index (χ2v) is 7.47. The summed E-state index contributed by atoms with van der Waals surface area (Å²) in [7, 11) is 1.08. The maximum atomic E-state index is 12.8. The van der Waals surface area contributed by atoms with Crippen LogP contribution >= 0.6 is 0 Å². The number of aliphatic hydroxyl groups is 1. The Morgan fingerprint density at radius 2 is 1.73 bits per heavy atom. The summed E-state index contributed by atoms with van der Waals surface area (Å²) in [6.45, 7) is 4.04. The summed E-state index contributed by atoms with van der Waals surface area (Å²) in [5, 5.41) is 20.9. The Labute approximate surface area is 174 Å². The van der Waals surface area contributed by atoms with Crippen LogP contribution in [0.1, 0.15) is 32.8 Å². The van der Waals surface area contributed by atoms with Crippen LogP contribution in [0, 0.1) is 0 Å². The van der Waals surface area contributed by atoms with Crippen LogP contribution in [0.15, 0.2) is 30.3 Å². The van der Waals surface area contributed by atoms with Crippen molar-refractivity contribution < 1.29 is 38.9 Å². The predicted octanol–water partition coefficient (Wildman–Crippen LogP) is 0.917. The first-order valence-electron chi connectivity index (χ1n) is 9.23. The van der Waals surface area contributed by atoms with E-state index in [0.717, 1.165) is 12.0 Å². The number of aliphatic hydroxyl groups excluding tert-OH is 1. The molecule has 0 unspecified atom stereocenters. The van der Waals surface area contributed by atoms with E-state index in [4.69, 9.17) is 4.74 Å². The number of hydrogen-bond acceptors (Lipinski definition) is 7. The smallest absolute Gasteiger partial charge is 0.411 e. The lowest BCUT2D eigenvalue weighted by atomic mass is 10.1. The van der Waals surface area contributed by atoms with Gasteiger partial charge in [-0.2, -0.15) is 0 Å². The third-order valence-electron chi connectivity index (χ3n) is 3.86. The predicted molar refractivity (Wildman–Crippen MR) is 105 cm³/mol. The molecule has 0 aromatic heterocycles. The highest BCUT2D eigenvalue weighted by Gasteiger charge is 2.36. The molecule has 166 valence electrons. The van der Waals surface area contributed by atoms with Crippen LogP contribution in [0.4, 0.5) is 4.79 Å². The molecule has 0 spiro atoms. The largest absolute Gasteiger partial charge is 0.481 e. The highest BCUT2D eigenvalue weighted by Crippen LogP contribution is 2.18. The number of rotatable bonds is 9. The average Bonchev–Trinajstić information content (AvgIpc) is 2.67.